The molecule has 3 saturated heterocycles. The van der Waals surface area contributed by atoms with Crippen LogP contribution in [0.15, 0.2) is 84.6 Å². The first-order valence-corrected chi connectivity index (χ1v) is 28.7. The van der Waals surface area contributed by atoms with E-state index in [-0.39, 0.29) is 68.7 Å². The predicted molar refractivity (Wildman–Crippen MR) is 292 cm³/mol. The predicted octanol–water partition coefficient (Wildman–Crippen LogP) is 6.42. The lowest BCUT2D eigenvalue weighted by Gasteiger charge is -2.48. The second kappa shape index (κ2) is 22.2. The Labute approximate surface area is 454 Å². The number of hydrogen-bond acceptors (Lipinski definition) is 13. The first-order chi connectivity index (χ1) is 37.2. The first kappa shape index (κ1) is 54.6. The maximum atomic E-state index is 15.8. The van der Waals surface area contributed by atoms with Gasteiger partial charge >= 0.3 is 0 Å². The number of aliphatic hydroxyl groups is 1. The van der Waals surface area contributed by atoms with Gasteiger partial charge < -0.3 is 30.5 Å². The van der Waals surface area contributed by atoms with Crippen molar-refractivity contribution in [2.24, 2.45) is 5.41 Å². The van der Waals surface area contributed by atoms with Crippen molar-refractivity contribution in [3.05, 3.63) is 119 Å². The average molecular weight is 1110 g/mol. The zero-order valence-electron chi connectivity index (χ0n) is 43.8. The Kier molecular flexibility index (Phi) is 15.5. The molecular weight excluding hydrogens is 1050 g/mol. The van der Waals surface area contributed by atoms with E-state index in [1.165, 1.54) is 11.1 Å². The van der Waals surface area contributed by atoms with Crippen molar-refractivity contribution in [1.29, 1.82) is 0 Å². The van der Waals surface area contributed by atoms with Crippen LogP contribution in [0.3, 0.4) is 0 Å². The van der Waals surface area contributed by atoms with Gasteiger partial charge in [0.1, 0.15) is 29.7 Å². The SMILES string of the molecule is Cc1ncsc1-c1ccc(CNC(=O)[C@@H]2C[C@@H](O)CN2C(=O)[C@@H](NC(=O)CN2CC(N3CCN(c4ccc(-c5cnc6[nH]cc(C(=O)c7c(F)ccc(NS(=O)(=O)C8CC[C@@H](F)C8)c7F)c6c5)cc4)CC3)C2)C(C)(C)C)cc1. The molecule has 1 aliphatic carbocycles. The molecule has 6 heterocycles. The van der Waals surface area contributed by atoms with Gasteiger partial charge in [-0.3, -0.25) is 33.7 Å². The van der Waals surface area contributed by atoms with E-state index >= 15 is 8.78 Å². The summed E-state index contributed by atoms with van der Waals surface area (Å²) in [5.74, 6) is -4.62. The van der Waals surface area contributed by atoms with E-state index in [0.717, 1.165) is 71.3 Å². The molecule has 10 rings (SSSR count). The molecule has 22 heteroatoms. The molecular formula is C56H63F3N10O7S2. The Balaban J connectivity index is 0.698. The van der Waals surface area contributed by atoms with Crippen molar-refractivity contribution < 1.29 is 45.9 Å². The number of H-pyrrole nitrogens is 1. The molecule has 412 valence electrons. The Morgan fingerprint density at radius 1 is 0.897 bits per heavy atom. The van der Waals surface area contributed by atoms with Gasteiger partial charge in [-0.15, -0.1) is 11.3 Å². The number of benzene rings is 3. The number of aromatic nitrogens is 3. The van der Waals surface area contributed by atoms with Crippen LogP contribution in [0.1, 0.15) is 73.6 Å². The van der Waals surface area contributed by atoms with Gasteiger partial charge in [-0.1, -0.05) is 57.2 Å². The zero-order valence-corrected chi connectivity index (χ0v) is 45.4. The van der Waals surface area contributed by atoms with E-state index in [1.807, 2.05) is 81.7 Å². The number of sulfonamides is 1. The number of piperazine rings is 1. The minimum absolute atomic E-state index is 0.0113. The lowest BCUT2D eigenvalue weighted by molar-refractivity contribution is -0.144. The molecule has 0 spiro atoms. The van der Waals surface area contributed by atoms with Gasteiger partial charge in [-0.2, -0.15) is 0 Å². The number of nitrogens with one attached hydrogen (secondary N) is 4. The smallest absolute Gasteiger partial charge is 0.246 e. The number of amides is 3. The van der Waals surface area contributed by atoms with E-state index in [9.17, 15) is 37.1 Å². The van der Waals surface area contributed by atoms with E-state index < -0.39 is 79.6 Å². The lowest BCUT2D eigenvalue weighted by atomic mass is 9.85. The molecule has 1 saturated carbocycles. The number of nitrogens with zero attached hydrogens (tertiary/aromatic N) is 6. The average Bonchev–Trinajstić information content (AvgIpc) is 4.30. The summed E-state index contributed by atoms with van der Waals surface area (Å²) < 4.78 is 72.8. The van der Waals surface area contributed by atoms with Crippen molar-refractivity contribution in [2.75, 3.05) is 62.0 Å². The van der Waals surface area contributed by atoms with Crippen LogP contribution in [-0.2, 0) is 31.0 Å². The van der Waals surface area contributed by atoms with Gasteiger partial charge in [0, 0.05) is 99.4 Å². The second-order valence-electron chi connectivity index (χ2n) is 22.0. The molecule has 5 N–H and O–H groups in total. The topological polar surface area (TPSA) is 213 Å². The fraction of sp³-hybridized carbons (Fsp3) is 0.429. The maximum Gasteiger partial charge on any atom is 0.246 e. The number of thiazole rings is 1. The normalized spacial score (nSPS) is 20.9. The number of rotatable bonds is 16. The standard InChI is InChI=1S/C56H63F3N10O7S2/c1-32-51(77-31-63-32)35-7-5-33(6-8-35)24-62-54(73)46-23-40(70)29-69(46)55(74)52(56(2,3)4)64-47(71)30-66-27-39(28-66)68-19-17-67(18-20-68)38-12-9-34(10-13-38)36-21-42-43(26-61-53(42)60-25-36)50(72)48-44(58)15-16-45(49(48)59)65-78(75,76)41-14-11-37(57)22-41/h5-10,12-13,15-16,21,25-26,31,37,39-41,46,52,65,70H,11,14,17-20,22-24,27-30H2,1-4H3,(H,60,61)(H,62,73)(H,64,71)/t37-,40-,41?,46+,52-/m1/s1. The molecule has 3 amide bonds. The third-order valence-corrected chi connectivity index (χ3v) is 18.3. The molecule has 4 aliphatic rings. The number of ketones is 1. The molecule has 1 unspecified atom stereocenters. The number of alkyl halides is 1. The summed E-state index contributed by atoms with van der Waals surface area (Å²) >= 11 is 1.57. The number of carbonyl (C=O) groups excluding carboxylic acids is 4. The number of pyridine rings is 1. The van der Waals surface area contributed by atoms with E-state index in [0.29, 0.717) is 29.7 Å². The van der Waals surface area contributed by atoms with Crippen LogP contribution in [0.2, 0.25) is 0 Å². The van der Waals surface area contributed by atoms with Crippen molar-refractivity contribution in [1.82, 2.24) is 40.3 Å². The summed E-state index contributed by atoms with van der Waals surface area (Å²) in [6.45, 7) is 12.5. The van der Waals surface area contributed by atoms with Gasteiger partial charge in [0.05, 0.1) is 45.2 Å². The number of β-amino-alcohol motifs (C(OH)–C–C–N with tert-alkyl or cyclic N) is 1. The Morgan fingerprint density at radius 2 is 1.62 bits per heavy atom. The molecule has 0 radical (unpaired) electrons. The lowest BCUT2D eigenvalue weighted by Crippen LogP contribution is -2.65. The minimum atomic E-state index is -4.21. The molecule has 4 fully saturated rings. The van der Waals surface area contributed by atoms with Crippen LogP contribution in [0.4, 0.5) is 24.5 Å². The zero-order chi connectivity index (χ0) is 55.2. The Hall–Kier alpha value is -6.72. The molecule has 78 heavy (non-hydrogen) atoms. The summed E-state index contributed by atoms with van der Waals surface area (Å²) in [5.41, 5.74) is 5.18. The van der Waals surface area contributed by atoms with Crippen molar-refractivity contribution in [3.8, 4) is 21.6 Å². The van der Waals surface area contributed by atoms with Crippen LogP contribution in [0.25, 0.3) is 32.6 Å². The monoisotopic (exact) mass is 1110 g/mol. The van der Waals surface area contributed by atoms with E-state index in [2.05, 4.69) is 45.0 Å². The minimum Gasteiger partial charge on any atom is -0.391 e. The Morgan fingerprint density at radius 3 is 2.28 bits per heavy atom. The number of halogens is 3. The van der Waals surface area contributed by atoms with Gasteiger partial charge in [0.15, 0.2) is 5.82 Å². The largest absolute Gasteiger partial charge is 0.391 e. The molecule has 0 bridgehead atoms. The van der Waals surface area contributed by atoms with Gasteiger partial charge in [0.25, 0.3) is 0 Å². The van der Waals surface area contributed by atoms with Crippen molar-refractivity contribution in [2.45, 2.75) is 95.6 Å². The number of hydrogen-bond donors (Lipinski definition) is 5. The summed E-state index contributed by atoms with van der Waals surface area (Å²) in [7, 11) is -4.21. The highest BCUT2D eigenvalue weighted by Gasteiger charge is 2.45. The number of likely N-dealkylation sites (tertiary alicyclic amines) is 2. The first-order valence-electron chi connectivity index (χ1n) is 26.2. The van der Waals surface area contributed by atoms with Crippen LogP contribution in [-0.4, -0.2) is 155 Å². The van der Waals surface area contributed by atoms with Gasteiger partial charge in [-0.25, -0.2) is 31.6 Å². The summed E-state index contributed by atoms with van der Waals surface area (Å²) in [6, 6.07) is 17.6. The number of aryl methyl sites for hydroxylation is 1. The highest BCUT2D eigenvalue weighted by atomic mass is 32.2. The van der Waals surface area contributed by atoms with Crippen LogP contribution < -0.4 is 20.3 Å². The number of aromatic amines is 1. The van der Waals surface area contributed by atoms with Gasteiger partial charge in [-0.05, 0) is 78.6 Å². The summed E-state index contributed by atoms with van der Waals surface area (Å²) in [5, 5.41) is 15.8. The highest BCUT2D eigenvalue weighted by Crippen LogP contribution is 2.34. The third kappa shape index (κ3) is 11.5. The summed E-state index contributed by atoms with van der Waals surface area (Å²) in [6.07, 6.45) is 0.759. The van der Waals surface area contributed by atoms with Gasteiger partial charge in [0.2, 0.25) is 33.5 Å². The van der Waals surface area contributed by atoms with Crippen molar-refractivity contribution in [3.63, 3.8) is 0 Å². The Bertz CT molecular complexity index is 3340. The maximum absolute atomic E-state index is 15.8. The number of aliphatic hydroxyl groups excluding tert-OH is 1. The number of carbonyl (C=O) groups is 4. The molecule has 3 aliphatic heterocycles. The van der Waals surface area contributed by atoms with Crippen LogP contribution in [0.5, 0.6) is 0 Å². The van der Waals surface area contributed by atoms with Crippen LogP contribution >= 0.6 is 11.3 Å². The number of anilines is 2. The fourth-order valence-corrected chi connectivity index (χ4v) is 13.4. The van der Waals surface area contributed by atoms with E-state index in [1.54, 1.807) is 23.6 Å². The molecule has 6 aromatic rings. The molecule has 17 nitrogen and oxygen atoms in total. The fourth-order valence-electron chi connectivity index (χ4n) is 11.0. The number of fused-ring (bicyclic) bond motifs is 1. The van der Waals surface area contributed by atoms with Crippen LogP contribution in [0, 0.1) is 24.0 Å². The quantitative estimate of drug-likeness (QED) is 0.0665. The van der Waals surface area contributed by atoms with E-state index in [4.69, 9.17) is 0 Å². The molecule has 3 aromatic carbocycles. The summed E-state index contributed by atoms with van der Waals surface area (Å²) in [4.78, 5) is 76.1. The molecule has 3 aromatic heterocycles. The van der Waals surface area contributed by atoms with Crippen molar-refractivity contribution >= 4 is 67.3 Å². The third-order valence-electron chi connectivity index (χ3n) is 15.5. The highest BCUT2D eigenvalue weighted by molar-refractivity contribution is 7.93. The molecule has 5 atom stereocenters. The second-order valence-corrected chi connectivity index (χ2v) is 24.8.